The summed E-state index contributed by atoms with van der Waals surface area (Å²) >= 11 is 2.51. The van der Waals surface area contributed by atoms with Gasteiger partial charge in [0.2, 0.25) is 5.12 Å². The largest absolute Gasteiger partial charge is 0.342 e. The molecule has 1 unspecified atom stereocenters. The van der Waals surface area contributed by atoms with Crippen molar-refractivity contribution >= 4 is 44.4 Å². The van der Waals surface area contributed by atoms with E-state index in [9.17, 15) is 9.59 Å². The fraction of sp³-hybridized carbons (Fsp3) is 0.176. The van der Waals surface area contributed by atoms with Gasteiger partial charge in [-0.1, -0.05) is 18.2 Å². The van der Waals surface area contributed by atoms with E-state index in [0.717, 1.165) is 34.8 Å². The molecule has 1 aromatic carbocycles. The van der Waals surface area contributed by atoms with Crippen molar-refractivity contribution in [2.75, 3.05) is 0 Å². The van der Waals surface area contributed by atoms with Gasteiger partial charge >= 0.3 is 0 Å². The molecular formula is C17H14N2O2S2. The molecule has 0 radical (unpaired) electrons. The minimum Gasteiger partial charge on any atom is -0.342 e. The van der Waals surface area contributed by atoms with Gasteiger partial charge in [-0.25, -0.2) is 0 Å². The van der Waals surface area contributed by atoms with Crippen molar-refractivity contribution in [2.45, 2.75) is 19.0 Å². The van der Waals surface area contributed by atoms with Crippen LogP contribution in [0, 0.1) is 0 Å². The van der Waals surface area contributed by atoms with Crippen LogP contribution in [0.2, 0.25) is 0 Å². The third-order valence-electron chi connectivity index (χ3n) is 4.00. The summed E-state index contributed by atoms with van der Waals surface area (Å²) in [5.41, 5.74) is 2.24. The average molecular weight is 342 g/mol. The number of rotatable bonds is 4. The van der Waals surface area contributed by atoms with Crippen LogP contribution >= 0.6 is 23.1 Å². The molecule has 116 valence electrons. The van der Waals surface area contributed by atoms with E-state index in [1.165, 1.54) is 4.88 Å². The standard InChI is InChI=1S/C17H14N2O2S2/c20-16-14(18-17(21)23-16)9-11-3-1-5-15-13(11)6-7-19(15)10-12-4-2-8-22-12/h1-8,14H,9-10H2,(H,18,21). The predicted octanol–water partition coefficient (Wildman–Crippen LogP) is 3.65. The molecule has 3 aromatic rings. The Kier molecular flexibility index (Phi) is 3.71. The molecule has 1 aliphatic rings. The second kappa shape index (κ2) is 5.86. The number of fused-ring (bicyclic) bond motifs is 1. The van der Waals surface area contributed by atoms with Gasteiger partial charge < -0.3 is 9.88 Å². The average Bonchev–Trinajstić information content (AvgIpc) is 3.23. The Hall–Kier alpha value is -2.05. The summed E-state index contributed by atoms with van der Waals surface area (Å²) in [7, 11) is 0. The Balaban J connectivity index is 1.65. The third-order valence-corrected chi connectivity index (χ3v) is 5.65. The Bertz CT molecular complexity index is 883. The fourth-order valence-electron chi connectivity index (χ4n) is 2.92. The van der Waals surface area contributed by atoms with E-state index in [4.69, 9.17) is 0 Å². The fourth-order valence-corrected chi connectivity index (χ4v) is 4.29. The van der Waals surface area contributed by atoms with Crippen LogP contribution in [0.5, 0.6) is 0 Å². The van der Waals surface area contributed by atoms with E-state index in [0.29, 0.717) is 6.42 Å². The van der Waals surface area contributed by atoms with Crippen LogP contribution in [-0.2, 0) is 17.8 Å². The lowest BCUT2D eigenvalue weighted by atomic mass is 10.0. The molecule has 1 aliphatic heterocycles. The van der Waals surface area contributed by atoms with Crippen LogP contribution in [0.4, 0.5) is 4.79 Å². The Morgan fingerprint density at radius 2 is 2.04 bits per heavy atom. The summed E-state index contributed by atoms with van der Waals surface area (Å²) in [4.78, 5) is 24.5. The topological polar surface area (TPSA) is 51.1 Å². The first-order valence-corrected chi connectivity index (χ1v) is 9.01. The van der Waals surface area contributed by atoms with Crippen LogP contribution in [0.25, 0.3) is 10.9 Å². The van der Waals surface area contributed by atoms with Gasteiger partial charge in [-0.15, -0.1) is 11.3 Å². The Morgan fingerprint density at radius 3 is 2.78 bits per heavy atom. The van der Waals surface area contributed by atoms with E-state index in [-0.39, 0.29) is 10.4 Å². The lowest BCUT2D eigenvalue weighted by Crippen LogP contribution is -2.30. The number of nitrogens with one attached hydrogen (secondary N) is 1. The zero-order valence-corrected chi connectivity index (χ0v) is 13.8. The summed E-state index contributed by atoms with van der Waals surface area (Å²) in [6.45, 7) is 0.847. The monoisotopic (exact) mass is 342 g/mol. The highest BCUT2D eigenvalue weighted by atomic mass is 32.2. The Morgan fingerprint density at radius 1 is 1.13 bits per heavy atom. The van der Waals surface area contributed by atoms with E-state index in [2.05, 4.69) is 45.7 Å². The number of benzene rings is 1. The zero-order chi connectivity index (χ0) is 15.8. The van der Waals surface area contributed by atoms with Crippen LogP contribution in [-0.4, -0.2) is 21.0 Å². The van der Waals surface area contributed by atoms with Gasteiger partial charge in [-0.3, -0.25) is 9.59 Å². The van der Waals surface area contributed by atoms with E-state index in [1.807, 2.05) is 12.1 Å². The normalized spacial score (nSPS) is 17.8. The molecule has 4 rings (SSSR count). The first-order valence-electron chi connectivity index (χ1n) is 7.32. The molecule has 0 aliphatic carbocycles. The number of carbonyl (C=O) groups is 2. The number of hydrogen-bond donors (Lipinski definition) is 1. The molecule has 23 heavy (non-hydrogen) atoms. The number of nitrogens with zero attached hydrogens (tertiary/aromatic N) is 1. The molecule has 1 atom stereocenters. The van der Waals surface area contributed by atoms with E-state index in [1.54, 1.807) is 11.3 Å². The zero-order valence-electron chi connectivity index (χ0n) is 12.2. The lowest BCUT2D eigenvalue weighted by Gasteiger charge is -2.10. The number of thioether (sulfide) groups is 1. The highest BCUT2D eigenvalue weighted by Crippen LogP contribution is 2.26. The highest BCUT2D eigenvalue weighted by Gasteiger charge is 2.31. The molecule has 0 bridgehead atoms. The van der Waals surface area contributed by atoms with Gasteiger partial charge in [-0.2, -0.15) is 0 Å². The van der Waals surface area contributed by atoms with Crippen molar-refractivity contribution in [2.24, 2.45) is 0 Å². The van der Waals surface area contributed by atoms with Gasteiger partial charge in [0, 0.05) is 40.2 Å². The molecule has 3 heterocycles. The SMILES string of the molecule is O=C1NC(Cc2cccc3c2ccn3Cc2cccs2)C(=O)S1. The van der Waals surface area contributed by atoms with Gasteiger partial charge in [0.25, 0.3) is 5.24 Å². The number of thiophene rings is 1. The molecule has 1 fully saturated rings. The van der Waals surface area contributed by atoms with Crippen molar-refractivity contribution in [3.8, 4) is 0 Å². The molecule has 1 saturated heterocycles. The summed E-state index contributed by atoms with van der Waals surface area (Å²) in [5.74, 6) is 0. The van der Waals surface area contributed by atoms with Crippen molar-refractivity contribution in [3.05, 3.63) is 58.4 Å². The van der Waals surface area contributed by atoms with Crippen LogP contribution in [0.1, 0.15) is 10.4 Å². The van der Waals surface area contributed by atoms with Crippen molar-refractivity contribution < 1.29 is 9.59 Å². The molecule has 0 saturated carbocycles. The molecule has 2 aromatic heterocycles. The summed E-state index contributed by atoms with van der Waals surface area (Å²) in [6.07, 6.45) is 2.62. The number of amides is 1. The highest BCUT2D eigenvalue weighted by molar-refractivity contribution is 8.26. The first-order chi connectivity index (χ1) is 11.2. The summed E-state index contributed by atoms with van der Waals surface area (Å²) < 4.78 is 2.22. The maximum atomic E-state index is 11.8. The molecule has 4 nitrogen and oxygen atoms in total. The predicted molar refractivity (Wildman–Crippen MR) is 94.0 cm³/mol. The molecule has 0 spiro atoms. The van der Waals surface area contributed by atoms with E-state index < -0.39 is 6.04 Å². The molecule has 6 heteroatoms. The van der Waals surface area contributed by atoms with E-state index >= 15 is 0 Å². The maximum absolute atomic E-state index is 11.8. The van der Waals surface area contributed by atoms with Gasteiger partial charge in [0.15, 0.2) is 0 Å². The van der Waals surface area contributed by atoms with Gasteiger partial charge in [0.05, 0.1) is 6.54 Å². The maximum Gasteiger partial charge on any atom is 0.287 e. The molecular weight excluding hydrogens is 328 g/mol. The first kappa shape index (κ1) is 14.5. The molecule has 1 amide bonds. The van der Waals surface area contributed by atoms with Crippen molar-refractivity contribution in [1.82, 2.24) is 9.88 Å². The lowest BCUT2D eigenvalue weighted by molar-refractivity contribution is -0.112. The smallest absolute Gasteiger partial charge is 0.287 e. The van der Waals surface area contributed by atoms with Crippen molar-refractivity contribution in [3.63, 3.8) is 0 Å². The second-order valence-electron chi connectivity index (χ2n) is 5.48. The quantitative estimate of drug-likeness (QED) is 0.787. The second-order valence-corrected chi connectivity index (χ2v) is 7.49. The number of carbonyl (C=O) groups excluding carboxylic acids is 2. The number of hydrogen-bond acceptors (Lipinski definition) is 4. The summed E-state index contributed by atoms with van der Waals surface area (Å²) in [5, 5.41) is 5.61. The van der Waals surface area contributed by atoms with Gasteiger partial charge in [0.1, 0.15) is 6.04 Å². The summed E-state index contributed by atoms with van der Waals surface area (Å²) in [6, 6.07) is 12.0. The molecule has 1 N–H and O–H groups in total. The minimum absolute atomic E-state index is 0.0926. The Labute approximate surface area is 141 Å². The van der Waals surface area contributed by atoms with Crippen LogP contribution < -0.4 is 5.32 Å². The van der Waals surface area contributed by atoms with Crippen LogP contribution in [0.3, 0.4) is 0 Å². The third kappa shape index (κ3) is 2.80. The van der Waals surface area contributed by atoms with Crippen molar-refractivity contribution in [1.29, 1.82) is 0 Å². The van der Waals surface area contributed by atoms with Gasteiger partial charge in [-0.05, 0) is 29.1 Å². The minimum atomic E-state index is -0.418. The number of aromatic nitrogens is 1. The van der Waals surface area contributed by atoms with Crippen LogP contribution in [0.15, 0.2) is 48.0 Å².